The van der Waals surface area contributed by atoms with Gasteiger partial charge in [0, 0.05) is 18.8 Å². The highest BCUT2D eigenvalue weighted by atomic mass is 19.1. The Bertz CT molecular complexity index is 731. The van der Waals surface area contributed by atoms with Crippen molar-refractivity contribution >= 4 is 5.91 Å². The molecule has 2 aromatic rings. The van der Waals surface area contributed by atoms with E-state index in [-0.39, 0.29) is 18.3 Å². The number of rotatable bonds is 6. The first-order valence-corrected chi connectivity index (χ1v) is 7.77. The average Bonchev–Trinajstić information content (AvgIpc) is 3.14. The predicted molar refractivity (Wildman–Crippen MR) is 88.1 cm³/mol. The van der Waals surface area contributed by atoms with E-state index >= 15 is 0 Å². The van der Waals surface area contributed by atoms with Crippen molar-refractivity contribution in [2.45, 2.75) is 13.0 Å². The molecule has 5 heteroatoms. The Morgan fingerprint density at radius 3 is 2.67 bits per heavy atom. The maximum atomic E-state index is 13.5. The van der Waals surface area contributed by atoms with Gasteiger partial charge in [-0.05, 0) is 24.1 Å². The molecule has 1 amide bonds. The molecule has 0 saturated heterocycles. The molecule has 0 fully saturated rings. The first-order valence-electron chi connectivity index (χ1n) is 7.77. The van der Waals surface area contributed by atoms with Gasteiger partial charge in [0.15, 0.2) is 18.1 Å². The molecule has 0 spiro atoms. The quantitative estimate of drug-likeness (QED) is 0.815. The van der Waals surface area contributed by atoms with Crippen LogP contribution in [0.15, 0.2) is 60.8 Å². The zero-order valence-electron chi connectivity index (χ0n) is 13.2. The van der Waals surface area contributed by atoms with Gasteiger partial charge in [0.2, 0.25) is 0 Å². The molecule has 4 nitrogen and oxygen atoms in total. The number of amides is 1. The zero-order chi connectivity index (χ0) is 16.8. The number of carbonyl (C=O) groups excluding carboxylic acids is 1. The number of halogens is 1. The molecule has 0 radical (unpaired) electrons. The smallest absolute Gasteiger partial charge is 0.264 e. The normalized spacial score (nSPS) is 13.1. The molecule has 0 unspecified atom stereocenters. The third-order valence-corrected chi connectivity index (χ3v) is 3.64. The Balaban J connectivity index is 1.64. The number of carbonyl (C=O) groups is 1. The molecule has 1 aliphatic heterocycles. The maximum Gasteiger partial charge on any atom is 0.264 e. The van der Waals surface area contributed by atoms with Crippen LogP contribution in [-0.2, 0) is 11.4 Å². The second-order valence-corrected chi connectivity index (χ2v) is 5.41. The number of nitrogens with zero attached hydrogens (tertiary/aromatic N) is 1. The number of hydrogen-bond donors (Lipinski definition) is 0. The summed E-state index contributed by atoms with van der Waals surface area (Å²) in [7, 11) is 0. The second-order valence-electron chi connectivity index (χ2n) is 5.41. The van der Waals surface area contributed by atoms with E-state index in [9.17, 15) is 9.18 Å². The fourth-order valence-electron chi connectivity index (χ4n) is 2.37. The molecule has 2 aromatic carbocycles. The van der Waals surface area contributed by atoms with Crippen LogP contribution in [0.4, 0.5) is 4.39 Å². The standard InChI is InChI=1S/C19H18FNO3/c20-16-8-9-17(24-14-19(22)21-10-4-5-11-21)18(12-16)23-13-15-6-2-1-3-7-15/h1-4,6-10,12H,5,11,13-14H2. The summed E-state index contributed by atoms with van der Waals surface area (Å²) in [5.74, 6) is 0.0776. The molecule has 1 heterocycles. The maximum absolute atomic E-state index is 13.5. The molecular weight excluding hydrogens is 309 g/mol. The topological polar surface area (TPSA) is 38.8 Å². The van der Waals surface area contributed by atoms with Crippen LogP contribution in [0.1, 0.15) is 12.0 Å². The van der Waals surface area contributed by atoms with Crippen LogP contribution in [-0.4, -0.2) is 24.0 Å². The molecule has 0 bridgehead atoms. The second kappa shape index (κ2) is 7.64. The molecule has 1 aliphatic rings. The third kappa shape index (κ3) is 4.13. The summed E-state index contributed by atoms with van der Waals surface area (Å²) in [6.07, 6.45) is 4.54. The molecular formula is C19H18FNO3. The van der Waals surface area contributed by atoms with Crippen molar-refractivity contribution in [1.29, 1.82) is 0 Å². The molecule has 0 aliphatic carbocycles. The van der Waals surface area contributed by atoms with Crippen molar-refractivity contribution in [3.05, 3.63) is 72.2 Å². The largest absolute Gasteiger partial charge is 0.485 e. The molecule has 0 saturated carbocycles. The van der Waals surface area contributed by atoms with E-state index in [1.165, 1.54) is 18.2 Å². The number of ether oxygens (including phenoxy) is 2. The lowest BCUT2D eigenvalue weighted by Crippen LogP contribution is -2.29. The van der Waals surface area contributed by atoms with Crippen LogP contribution in [0.25, 0.3) is 0 Å². The van der Waals surface area contributed by atoms with E-state index in [2.05, 4.69) is 0 Å². The van der Waals surface area contributed by atoms with Crippen LogP contribution >= 0.6 is 0 Å². The molecule has 0 N–H and O–H groups in total. The van der Waals surface area contributed by atoms with E-state index in [0.29, 0.717) is 18.9 Å². The van der Waals surface area contributed by atoms with E-state index < -0.39 is 5.82 Å². The van der Waals surface area contributed by atoms with Gasteiger partial charge in [-0.1, -0.05) is 36.4 Å². The molecule has 24 heavy (non-hydrogen) atoms. The monoisotopic (exact) mass is 327 g/mol. The Morgan fingerprint density at radius 2 is 1.92 bits per heavy atom. The summed E-state index contributed by atoms with van der Waals surface area (Å²) in [4.78, 5) is 13.6. The fourth-order valence-corrected chi connectivity index (χ4v) is 2.37. The highest BCUT2D eigenvalue weighted by Crippen LogP contribution is 2.29. The van der Waals surface area contributed by atoms with Gasteiger partial charge >= 0.3 is 0 Å². The van der Waals surface area contributed by atoms with E-state index in [4.69, 9.17) is 9.47 Å². The zero-order valence-corrected chi connectivity index (χ0v) is 13.2. The predicted octanol–water partition coefficient (Wildman–Crippen LogP) is 3.53. The van der Waals surface area contributed by atoms with Gasteiger partial charge in [0.1, 0.15) is 12.4 Å². The average molecular weight is 327 g/mol. The van der Waals surface area contributed by atoms with Crippen LogP contribution in [0.2, 0.25) is 0 Å². The summed E-state index contributed by atoms with van der Waals surface area (Å²) >= 11 is 0. The van der Waals surface area contributed by atoms with E-state index in [1.807, 2.05) is 36.4 Å². The van der Waals surface area contributed by atoms with Crippen LogP contribution in [0.5, 0.6) is 11.5 Å². The first-order chi connectivity index (χ1) is 11.7. The molecule has 124 valence electrons. The van der Waals surface area contributed by atoms with Crippen LogP contribution in [0, 0.1) is 5.82 Å². The van der Waals surface area contributed by atoms with Crippen molar-refractivity contribution in [2.75, 3.05) is 13.2 Å². The van der Waals surface area contributed by atoms with Gasteiger partial charge in [-0.2, -0.15) is 0 Å². The summed E-state index contributed by atoms with van der Waals surface area (Å²) in [6, 6.07) is 13.6. The highest BCUT2D eigenvalue weighted by Gasteiger charge is 2.15. The molecule has 0 aromatic heterocycles. The van der Waals surface area contributed by atoms with Gasteiger partial charge in [-0.25, -0.2) is 4.39 Å². The summed E-state index contributed by atoms with van der Waals surface area (Å²) < 4.78 is 24.7. The Labute approximate surface area is 140 Å². The minimum absolute atomic E-state index is 0.113. The lowest BCUT2D eigenvalue weighted by molar-refractivity contribution is -0.130. The molecule has 0 atom stereocenters. The van der Waals surface area contributed by atoms with Gasteiger partial charge in [0.25, 0.3) is 5.91 Å². The number of hydrogen-bond acceptors (Lipinski definition) is 3. The molecule has 3 rings (SSSR count). The van der Waals surface area contributed by atoms with Crippen molar-refractivity contribution in [1.82, 2.24) is 4.90 Å². The first kappa shape index (κ1) is 16.1. The van der Waals surface area contributed by atoms with Gasteiger partial charge in [-0.3, -0.25) is 4.79 Å². The van der Waals surface area contributed by atoms with Crippen LogP contribution in [0.3, 0.4) is 0 Å². The minimum Gasteiger partial charge on any atom is -0.485 e. The SMILES string of the molecule is O=C(COc1ccc(F)cc1OCc1ccccc1)N1C=CCC1. The summed E-state index contributed by atoms with van der Waals surface area (Å²) in [5, 5.41) is 0. The minimum atomic E-state index is -0.417. The van der Waals surface area contributed by atoms with Gasteiger partial charge in [0.05, 0.1) is 0 Å². The van der Waals surface area contributed by atoms with Crippen molar-refractivity contribution in [3.63, 3.8) is 0 Å². The Morgan fingerprint density at radius 1 is 1.08 bits per heavy atom. The van der Waals surface area contributed by atoms with Gasteiger partial charge < -0.3 is 14.4 Å². The summed E-state index contributed by atoms with van der Waals surface area (Å²) in [6.45, 7) is 0.851. The van der Waals surface area contributed by atoms with Gasteiger partial charge in [-0.15, -0.1) is 0 Å². The van der Waals surface area contributed by atoms with Crippen molar-refractivity contribution in [3.8, 4) is 11.5 Å². The lowest BCUT2D eigenvalue weighted by atomic mass is 10.2. The third-order valence-electron chi connectivity index (χ3n) is 3.64. The highest BCUT2D eigenvalue weighted by molar-refractivity contribution is 5.79. The van der Waals surface area contributed by atoms with E-state index in [0.717, 1.165) is 12.0 Å². The van der Waals surface area contributed by atoms with Crippen molar-refractivity contribution in [2.24, 2.45) is 0 Å². The summed E-state index contributed by atoms with van der Waals surface area (Å²) in [5.41, 5.74) is 0.964. The lowest BCUT2D eigenvalue weighted by Gasteiger charge is -2.16. The number of benzene rings is 2. The van der Waals surface area contributed by atoms with Crippen molar-refractivity contribution < 1.29 is 18.7 Å². The van der Waals surface area contributed by atoms with Crippen LogP contribution < -0.4 is 9.47 Å². The Hall–Kier alpha value is -2.82. The van der Waals surface area contributed by atoms with E-state index in [1.54, 1.807) is 11.1 Å². The Kier molecular flexibility index (Phi) is 5.11. The fraction of sp³-hybridized carbons (Fsp3) is 0.211.